The normalized spacial score (nSPS) is 14.3. The minimum absolute atomic E-state index is 0.0553. The molecular weight excluding hydrogens is 274 g/mol. The third-order valence-corrected chi connectivity index (χ3v) is 3.59. The lowest BCUT2D eigenvalue weighted by Crippen LogP contribution is -2.35. The molecule has 1 aliphatic rings. The minimum Gasteiger partial charge on any atom is -0.481 e. The summed E-state index contributed by atoms with van der Waals surface area (Å²) in [6.45, 7) is 1.99. The van der Waals surface area contributed by atoms with Crippen molar-refractivity contribution in [2.24, 2.45) is 0 Å². The van der Waals surface area contributed by atoms with Crippen LogP contribution >= 0.6 is 0 Å². The number of fused-ring (bicyclic) bond motifs is 1. The molecule has 0 unspecified atom stereocenters. The monoisotopic (exact) mass is 289 g/mol. The molecule has 1 fully saturated rings. The molecule has 2 aromatic heterocycles. The first kappa shape index (κ1) is 13.5. The Balaban J connectivity index is 1.90. The van der Waals surface area contributed by atoms with Gasteiger partial charge in [-0.25, -0.2) is 9.50 Å². The van der Waals surface area contributed by atoms with Gasteiger partial charge in [-0.2, -0.15) is 10.1 Å². The molecule has 0 atom stereocenters. The Labute approximate surface area is 120 Å². The van der Waals surface area contributed by atoms with E-state index >= 15 is 0 Å². The molecule has 2 aromatic rings. The molecule has 1 aliphatic carbocycles. The zero-order valence-corrected chi connectivity index (χ0v) is 11.6. The van der Waals surface area contributed by atoms with E-state index in [0.29, 0.717) is 17.0 Å². The first-order chi connectivity index (χ1) is 10.1. The maximum Gasteiger partial charge on any atom is 0.305 e. The number of hydrogen-bond acceptors (Lipinski definition) is 5. The number of carboxylic acids is 1. The zero-order chi connectivity index (χ0) is 15.0. The van der Waals surface area contributed by atoms with E-state index in [4.69, 9.17) is 5.11 Å². The molecule has 110 valence electrons. The van der Waals surface area contributed by atoms with Gasteiger partial charge in [-0.3, -0.25) is 9.59 Å². The van der Waals surface area contributed by atoms with Crippen LogP contribution in [0.3, 0.4) is 0 Å². The lowest BCUT2D eigenvalue weighted by Gasteiger charge is -2.22. The number of amides is 1. The summed E-state index contributed by atoms with van der Waals surface area (Å²) in [5.74, 6) is -0.663. The van der Waals surface area contributed by atoms with Gasteiger partial charge in [0, 0.05) is 18.8 Å². The minimum atomic E-state index is -0.907. The van der Waals surface area contributed by atoms with Gasteiger partial charge in [0.2, 0.25) is 0 Å². The summed E-state index contributed by atoms with van der Waals surface area (Å²) in [6, 6.07) is 0.141. The maximum atomic E-state index is 12.7. The third-order valence-electron chi connectivity index (χ3n) is 3.59. The van der Waals surface area contributed by atoms with Gasteiger partial charge in [0.05, 0.1) is 17.7 Å². The predicted octanol–water partition coefficient (Wildman–Crippen LogP) is 0.512. The molecule has 1 N–H and O–H groups in total. The van der Waals surface area contributed by atoms with Gasteiger partial charge >= 0.3 is 5.97 Å². The number of aliphatic carboxylic acids is 1. The van der Waals surface area contributed by atoms with Crippen molar-refractivity contribution < 1.29 is 14.7 Å². The molecule has 21 heavy (non-hydrogen) atoms. The molecule has 8 heteroatoms. The largest absolute Gasteiger partial charge is 0.481 e. The summed E-state index contributed by atoms with van der Waals surface area (Å²) in [4.78, 5) is 33.1. The van der Waals surface area contributed by atoms with Crippen molar-refractivity contribution in [3.63, 3.8) is 0 Å². The number of aryl methyl sites for hydroxylation is 1. The average Bonchev–Trinajstić information content (AvgIpc) is 3.15. The van der Waals surface area contributed by atoms with Gasteiger partial charge < -0.3 is 10.0 Å². The van der Waals surface area contributed by atoms with Crippen molar-refractivity contribution in [2.45, 2.75) is 32.2 Å². The third kappa shape index (κ3) is 2.56. The van der Waals surface area contributed by atoms with E-state index in [-0.39, 0.29) is 24.9 Å². The first-order valence-corrected chi connectivity index (χ1v) is 6.76. The lowest BCUT2D eigenvalue weighted by atomic mass is 10.2. The smallest absolute Gasteiger partial charge is 0.305 e. The summed E-state index contributed by atoms with van der Waals surface area (Å²) in [7, 11) is 0. The van der Waals surface area contributed by atoms with Crippen molar-refractivity contribution in [1.29, 1.82) is 0 Å². The average molecular weight is 289 g/mol. The van der Waals surface area contributed by atoms with Crippen molar-refractivity contribution in [3.05, 3.63) is 23.8 Å². The molecule has 0 bridgehead atoms. The number of hydrogen-bond donors (Lipinski definition) is 1. The standard InChI is InChI=1S/C13H15N5O3/c1-8-10(6-14-13-15-7-16-18(8)13)12(21)17(9-2-3-9)5-4-11(19)20/h6-7,9H,2-5H2,1H3,(H,19,20). The van der Waals surface area contributed by atoms with Gasteiger partial charge in [0.25, 0.3) is 11.7 Å². The Morgan fingerprint density at radius 3 is 2.86 bits per heavy atom. The second kappa shape index (κ2) is 5.12. The fourth-order valence-corrected chi connectivity index (χ4v) is 2.31. The summed E-state index contributed by atoms with van der Waals surface area (Å²) < 4.78 is 1.51. The first-order valence-electron chi connectivity index (χ1n) is 6.76. The summed E-state index contributed by atoms with van der Waals surface area (Å²) in [6.07, 6.45) is 4.65. The van der Waals surface area contributed by atoms with E-state index in [1.807, 2.05) is 0 Å². The topological polar surface area (TPSA) is 101 Å². The SMILES string of the molecule is Cc1c(C(=O)N(CCC(=O)O)C2CC2)cnc2ncnn12. The number of aromatic nitrogens is 4. The van der Waals surface area contributed by atoms with E-state index in [0.717, 1.165) is 12.8 Å². The second-order valence-corrected chi connectivity index (χ2v) is 5.10. The fourth-order valence-electron chi connectivity index (χ4n) is 2.31. The molecule has 0 aliphatic heterocycles. The van der Waals surface area contributed by atoms with Gasteiger partial charge in [-0.05, 0) is 19.8 Å². The fraction of sp³-hybridized carbons (Fsp3) is 0.462. The van der Waals surface area contributed by atoms with Crippen molar-refractivity contribution >= 4 is 17.7 Å². The number of carbonyl (C=O) groups excluding carboxylic acids is 1. The molecule has 0 saturated heterocycles. The highest BCUT2D eigenvalue weighted by atomic mass is 16.4. The highest BCUT2D eigenvalue weighted by Gasteiger charge is 2.34. The molecule has 3 rings (SSSR count). The predicted molar refractivity (Wildman–Crippen MR) is 71.8 cm³/mol. The summed E-state index contributed by atoms with van der Waals surface area (Å²) in [5.41, 5.74) is 1.09. The molecule has 1 amide bonds. The van der Waals surface area contributed by atoms with E-state index in [9.17, 15) is 9.59 Å². The Morgan fingerprint density at radius 2 is 2.19 bits per heavy atom. The van der Waals surface area contributed by atoms with Crippen LogP contribution in [0, 0.1) is 6.92 Å². The van der Waals surface area contributed by atoms with Crippen molar-refractivity contribution in [1.82, 2.24) is 24.5 Å². The van der Waals surface area contributed by atoms with Crippen LogP contribution in [-0.2, 0) is 4.79 Å². The van der Waals surface area contributed by atoms with Gasteiger partial charge in [0.15, 0.2) is 0 Å². The second-order valence-electron chi connectivity index (χ2n) is 5.10. The van der Waals surface area contributed by atoms with Crippen LogP contribution in [0.25, 0.3) is 5.78 Å². The molecule has 0 spiro atoms. The molecule has 1 saturated carbocycles. The van der Waals surface area contributed by atoms with E-state index in [1.165, 1.54) is 17.0 Å². The van der Waals surface area contributed by atoms with E-state index < -0.39 is 5.97 Å². The van der Waals surface area contributed by atoms with Crippen LogP contribution in [0.1, 0.15) is 35.3 Å². The molecular formula is C13H15N5O3. The molecule has 0 radical (unpaired) electrons. The zero-order valence-electron chi connectivity index (χ0n) is 11.6. The van der Waals surface area contributed by atoms with Crippen molar-refractivity contribution in [2.75, 3.05) is 6.54 Å². The number of rotatable bonds is 5. The van der Waals surface area contributed by atoms with E-state index in [1.54, 1.807) is 11.8 Å². The Morgan fingerprint density at radius 1 is 1.43 bits per heavy atom. The quantitative estimate of drug-likeness (QED) is 0.860. The van der Waals surface area contributed by atoms with Gasteiger partial charge in [-0.1, -0.05) is 0 Å². The van der Waals surface area contributed by atoms with Crippen LogP contribution < -0.4 is 0 Å². The van der Waals surface area contributed by atoms with E-state index in [2.05, 4.69) is 15.1 Å². The van der Waals surface area contributed by atoms with Crippen LogP contribution in [0.15, 0.2) is 12.5 Å². The highest BCUT2D eigenvalue weighted by Crippen LogP contribution is 2.28. The maximum absolute atomic E-state index is 12.7. The van der Waals surface area contributed by atoms with Crippen LogP contribution in [-0.4, -0.2) is 54.1 Å². The number of nitrogens with zero attached hydrogens (tertiary/aromatic N) is 5. The lowest BCUT2D eigenvalue weighted by molar-refractivity contribution is -0.137. The van der Waals surface area contributed by atoms with Gasteiger partial charge in [-0.15, -0.1) is 0 Å². The number of carboxylic acid groups (broad SMARTS) is 1. The van der Waals surface area contributed by atoms with Gasteiger partial charge in [0.1, 0.15) is 6.33 Å². The molecule has 2 heterocycles. The van der Waals surface area contributed by atoms with Crippen LogP contribution in [0.4, 0.5) is 0 Å². The Kier molecular flexibility index (Phi) is 3.28. The number of carbonyl (C=O) groups is 2. The summed E-state index contributed by atoms with van der Waals surface area (Å²) in [5, 5.41) is 12.8. The molecule has 0 aromatic carbocycles. The van der Waals surface area contributed by atoms with Crippen LogP contribution in [0.2, 0.25) is 0 Å². The summed E-state index contributed by atoms with van der Waals surface area (Å²) >= 11 is 0. The Bertz CT molecular complexity index is 707. The van der Waals surface area contributed by atoms with Crippen molar-refractivity contribution in [3.8, 4) is 0 Å². The molecule has 8 nitrogen and oxygen atoms in total. The van der Waals surface area contributed by atoms with Crippen LogP contribution in [0.5, 0.6) is 0 Å². The Hall–Kier alpha value is -2.51. The highest BCUT2D eigenvalue weighted by molar-refractivity contribution is 5.95.